The fourth-order valence-corrected chi connectivity index (χ4v) is 5.38. The van der Waals surface area contributed by atoms with Crippen molar-refractivity contribution in [1.82, 2.24) is 19.6 Å². The van der Waals surface area contributed by atoms with Crippen LogP contribution >= 0.6 is 0 Å². The van der Waals surface area contributed by atoms with E-state index in [1.165, 1.54) is 5.56 Å². The van der Waals surface area contributed by atoms with E-state index in [4.69, 9.17) is 9.47 Å². The Kier molecular flexibility index (Phi) is 7.72. The molecule has 0 aliphatic carbocycles. The molecule has 0 spiro atoms. The van der Waals surface area contributed by atoms with Crippen LogP contribution in [-0.4, -0.2) is 97.5 Å². The van der Waals surface area contributed by atoms with Gasteiger partial charge in [0.05, 0.1) is 19.1 Å². The minimum Gasteiger partial charge on any atom is -0.486 e. The van der Waals surface area contributed by atoms with Crippen molar-refractivity contribution in [2.45, 2.75) is 25.4 Å². The highest BCUT2D eigenvalue weighted by Crippen LogP contribution is 2.38. The predicted octanol–water partition coefficient (Wildman–Crippen LogP) is 2.40. The molecule has 0 aromatic heterocycles. The molecule has 0 N–H and O–H groups in total. The van der Waals surface area contributed by atoms with E-state index in [9.17, 15) is 9.59 Å². The van der Waals surface area contributed by atoms with Crippen molar-refractivity contribution < 1.29 is 19.1 Å². The Morgan fingerprint density at radius 3 is 2.39 bits per heavy atom. The summed E-state index contributed by atoms with van der Waals surface area (Å²) in [6.07, 6.45) is 1.90. The number of likely N-dealkylation sites (tertiary alicyclic amines) is 1. The summed E-state index contributed by atoms with van der Waals surface area (Å²) in [7, 11) is 1.86. The van der Waals surface area contributed by atoms with E-state index in [0.29, 0.717) is 13.2 Å². The normalized spacial score (nSPS) is 20.1. The van der Waals surface area contributed by atoms with Crippen LogP contribution in [0.15, 0.2) is 48.5 Å². The lowest BCUT2D eigenvalue weighted by Gasteiger charge is -2.35. The van der Waals surface area contributed by atoms with Gasteiger partial charge in [-0.2, -0.15) is 0 Å². The number of rotatable bonds is 7. The number of likely N-dealkylation sites (N-methyl/N-ethyl adjacent to an activating group) is 1. The molecule has 3 aliphatic heterocycles. The molecule has 0 radical (unpaired) electrons. The first-order chi connectivity index (χ1) is 17.6. The molecule has 0 unspecified atom stereocenters. The summed E-state index contributed by atoms with van der Waals surface area (Å²) >= 11 is 0. The summed E-state index contributed by atoms with van der Waals surface area (Å²) in [5.74, 6) is 1.68. The van der Waals surface area contributed by atoms with E-state index in [-0.39, 0.29) is 30.9 Å². The minimum atomic E-state index is 0.0371. The Labute approximate surface area is 213 Å². The second kappa shape index (κ2) is 11.3. The Morgan fingerprint density at radius 2 is 1.61 bits per heavy atom. The van der Waals surface area contributed by atoms with Gasteiger partial charge in [-0.05, 0) is 43.1 Å². The van der Waals surface area contributed by atoms with Crippen molar-refractivity contribution in [2.24, 2.45) is 0 Å². The van der Waals surface area contributed by atoms with Gasteiger partial charge in [-0.3, -0.25) is 19.4 Å². The summed E-state index contributed by atoms with van der Waals surface area (Å²) in [5.41, 5.74) is 2.38. The van der Waals surface area contributed by atoms with Crippen LogP contribution in [0.2, 0.25) is 0 Å². The van der Waals surface area contributed by atoms with Crippen LogP contribution in [0.5, 0.6) is 11.5 Å². The van der Waals surface area contributed by atoms with Gasteiger partial charge in [-0.1, -0.05) is 36.4 Å². The van der Waals surface area contributed by atoms with Gasteiger partial charge in [0.15, 0.2) is 11.5 Å². The average Bonchev–Trinajstić information content (AvgIpc) is 3.40. The molecule has 0 bridgehead atoms. The lowest BCUT2D eigenvalue weighted by molar-refractivity contribution is -0.136. The van der Waals surface area contributed by atoms with Crippen LogP contribution in [0.25, 0.3) is 0 Å². The summed E-state index contributed by atoms with van der Waals surface area (Å²) in [5, 5.41) is 0. The predicted molar refractivity (Wildman–Crippen MR) is 137 cm³/mol. The molecule has 0 saturated carbocycles. The zero-order valence-corrected chi connectivity index (χ0v) is 21.1. The third-order valence-corrected chi connectivity index (χ3v) is 7.31. The van der Waals surface area contributed by atoms with E-state index < -0.39 is 0 Å². The summed E-state index contributed by atoms with van der Waals surface area (Å²) in [6.45, 7) is 6.45. The summed E-state index contributed by atoms with van der Waals surface area (Å²) in [4.78, 5) is 34.2. The molecule has 2 amide bonds. The van der Waals surface area contributed by atoms with E-state index in [0.717, 1.165) is 69.2 Å². The fourth-order valence-electron chi connectivity index (χ4n) is 5.38. The van der Waals surface area contributed by atoms with Gasteiger partial charge in [-0.25, -0.2) is 0 Å². The molecule has 36 heavy (non-hydrogen) atoms. The van der Waals surface area contributed by atoms with Crippen molar-refractivity contribution in [3.63, 3.8) is 0 Å². The SMILES string of the molecule is CN(CC(=O)N1CCN(Cc2ccccc2)CC1)CC(=O)N1CCC[C@@H]1c1ccc2c(c1)OCCO2. The number of hydrogen-bond donors (Lipinski definition) is 0. The molecular formula is C28H36N4O4. The second-order valence-corrected chi connectivity index (χ2v) is 9.96. The van der Waals surface area contributed by atoms with E-state index >= 15 is 0 Å². The van der Waals surface area contributed by atoms with Crippen molar-refractivity contribution in [2.75, 3.05) is 66.1 Å². The van der Waals surface area contributed by atoms with E-state index in [1.807, 2.05) is 46.0 Å². The molecule has 2 saturated heterocycles. The highest BCUT2D eigenvalue weighted by atomic mass is 16.6. The molecule has 3 heterocycles. The number of piperazine rings is 1. The zero-order chi connectivity index (χ0) is 24.9. The van der Waals surface area contributed by atoms with Gasteiger partial charge in [0, 0.05) is 39.3 Å². The topological polar surface area (TPSA) is 65.6 Å². The zero-order valence-electron chi connectivity index (χ0n) is 21.1. The van der Waals surface area contributed by atoms with Gasteiger partial charge in [-0.15, -0.1) is 0 Å². The first-order valence-electron chi connectivity index (χ1n) is 13.0. The number of carbonyl (C=O) groups excluding carboxylic acids is 2. The van der Waals surface area contributed by atoms with Crippen LogP contribution in [0.4, 0.5) is 0 Å². The van der Waals surface area contributed by atoms with Crippen molar-refractivity contribution in [3.05, 3.63) is 59.7 Å². The molecule has 8 heteroatoms. The molecule has 8 nitrogen and oxygen atoms in total. The van der Waals surface area contributed by atoms with E-state index in [2.05, 4.69) is 29.2 Å². The molecule has 2 aromatic rings. The molecule has 1 atom stereocenters. The van der Waals surface area contributed by atoms with Crippen molar-refractivity contribution in [3.8, 4) is 11.5 Å². The molecule has 2 aromatic carbocycles. The maximum atomic E-state index is 13.2. The van der Waals surface area contributed by atoms with Gasteiger partial charge >= 0.3 is 0 Å². The number of fused-ring (bicyclic) bond motifs is 1. The van der Waals surface area contributed by atoms with E-state index in [1.54, 1.807) is 0 Å². The standard InChI is InChI=1S/C28H36N4O4/c1-29(20-27(33)31-14-12-30(13-15-31)19-22-6-3-2-4-7-22)21-28(34)32-11-5-8-24(32)23-9-10-25-26(18-23)36-17-16-35-25/h2-4,6-7,9-10,18,24H,5,8,11-17,19-21H2,1H3/t24-/m1/s1. The number of benzene rings is 2. The number of amides is 2. The highest BCUT2D eigenvalue weighted by molar-refractivity contribution is 5.81. The number of hydrogen-bond acceptors (Lipinski definition) is 6. The minimum absolute atomic E-state index is 0.0371. The lowest BCUT2D eigenvalue weighted by atomic mass is 10.0. The van der Waals surface area contributed by atoms with Crippen LogP contribution < -0.4 is 9.47 Å². The number of carbonyl (C=O) groups is 2. The second-order valence-electron chi connectivity index (χ2n) is 9.96. The van der Waals surface area contributed by atoms with Gasteiger partial charge in [0.1, 0.15) is 13.2 Å². The van der Waals surface area contributed by atoms with Crippen molar-refractivity contribution in [1.29, 1.82) is 0 Å². The smallest absolute Gasteiger partial charge is 0.237 e. The molecular weight excluding hydrogens is 456 g/mol. The molecule has 3 aliphatic rings. The first kappa shape index (κ1) is 24.6. The summed E-state index contributed by atoms with van der Waals surface area (Å²) < 4.78 is 11.4. The molecule has 5 rings (SSSR count). The fraction of sp³-hybridized carbons (Fsp3) is 0.500. The Morgan fingerprint density at radius 1 is 0.889 bits per heavy atom. The third kappa shape index (κ3) is 5.82. The third-order valence-electron chi connectivity index (χ3n) is 7.31. The average molecular weight is 493 g/mol. The summed E-state index contributed by atoms with van der Waals surface area (Å²) in [6, 6.07) is 16.5. The van der Waals surface area contributed by atoms with Gasteiger partial charge < -0.3 is 19.3 Å². The van der Waals surface area contributed by atoms with Crippen LogP contribution in [0, 0.1) is 0 Å². The van der Waals surface area contributed by atoms with Gasteiger partial charge in [0.2, 0.25) is 11.8 Å². The Hall–Kier alpha value is -3.10. The Bertz CT molecular complexity index is 1050. The largest absolute Gasteiger partial charge is 0.486 e. The van der Waals surface area contributed by atoms with Gasteiger partial charge in [0.25, 0.3) is 0 Å². The Balaban J connectivity index is 1.10. The van der Waals surface area contributed by atoms with Crippen LogP contribution in [-0.2, 0) is 16.1 Å². The van der Waals surface area contributed by atoms with Crippen LogP contribution in [0.1, 0.15) is 30.0 Å². The molecule has 2 fully saturated rings. The number of ether oxygens (including phenoxy) is 2. The van der Waals surface area contributed by atoms with Crippen LogP contribution in [0.3, 0.4) is 0 Å². The van der Waals surface area contributed by atoms with Crippen molar-refractivity contribution >= 4 is 11.8 Å². The molecule has 192 valence electrons. The maximum Gasteiger partial charge on any atom is 0.237 e. The lowest BCUT2D eigenvalue weighted by Crippen LogP contribution is -2.51. The first-order valence-corrected chi connectivity index (χ1v) is 13.0. The highest BCUT2D eigenvalue weighted by Gasteiger charge is 2.32. The monoisotopic (exact) mass is 492 g/mol. The number of nitrogens with zero attached hydrogens (tertiary/aromatic N) is 4. The quantitative estimate of drug-likeness (QED) is 0.592. The maximum absolute atomic E-state index is 13.2.